The maximum absolute atomic E-state index is 6.64. The van der Waals surface area contributed by atoms with Crippen molar-refractivity contribution in [3.63, 3.8) is 0 Å². The standard InChI is InChI=1S/C48H31N3O/c1-4-15-32(16-5-1)37-23-14-24-40-45-38-21-10-12-25-43(38)52-44-26-13-11-22-39(44)47(45)51(46(37)40)36-29-27-35(28-30-36)48-49-41(33-17-6-2-7-18-33)31-42(50-48)34-19-8-3-9-20-34/h1-31H. The van der Waals surface area contributed by atoms with Gasteiger partial charge in [0.25, 0.3) is 0 Å². The molecule has 1 aliphatic heterocycles. The van der Waals surface area contributed by atoms with E-state index in [-0.39, 0.29) is 0 Å². The van der Waals surface area contributed by atoms with Gasteiger partial charge in [-0.05, 0) is 54.1 Å². The van der Waals surface area contributed by atoms with Crippen LogP contribution < -0.4 is 4.74 Å². The molecule has 0 radical (unpaired) electrons. The Morgan fingerprint density at radius 1 is 0.404 bits per heavy atom. The molecule has 3 heterocycles. The van der Waals surface area contributed by atoms with Crippen molar-refractivity contribution in [3.05, 3.63) is 188 Å². The van der Waals surface area contributed by atoms with Gasteiger partial charge in [-0.2, -0.15) is 0 Å². The van der Waals surface area contributed by atoms with Crippen LogP contribution >= 0.6 is 0 Å². The summed E-state index contributed by atoms with van der Waals surface area (Å²) in [5.74, 6) is 2.36. The fraction of sp³-hybridized carbons (Fsp3) is 0. The quantitative estimate of drug-likeness (QED) is 0.184. The topological polar surface area (TPSA) is 39.9 Å². The van der Waals surface area contributed by atoms with Gasteiger partial charge in [0.2, 0.25) is 0 Å². The van der Waals surface area contributed by atoms with Crippen LogP contribution in [0.15, 0.2) is 188 Å². The average molecular weight is 666 g/mol. The Morgan fingerprint density at radius 3 is 1.56 bits per heavy atom. The average Bonchev–Trinajstić information content (AvgIpc) is 3.49. The Kier molecular flexibility index (Phi) is 7.10. The summed E-state index contributed by atoms with van der Waals surface area (Å²) in [6, 6.07) is 65.4. The molecule has 244 valence electrons. The summed E-state index contributed by atoms with van der Waals surface area (Å²) in [7, 11) is 0. The lowest BCUT2D eigenvalue weighted by molar-refractivity contribution is 0.487. The van der Waals surface area contributed by atoms with Crippen LogP contribution in [0.5, 0.6) is 11.5 Å². The molecule has 0 bridgehead atoms. The zero-order valence-corrected chi connectivity index (χ0v) is 28.1. The molecule has 4 heteroatoms. The number of fused-ring (bicyclic) bond motifs is 7. The van der Waals surface area contributed by atoms with Crippen molar-refractivity contribution in [2.75, 3.05) is 0 Å². The number of rotatable bonds is 5. The minimum atomic E-state index is 0.681. The molecule has 0 spiro atoms. The Hall–Kier alpha value is -7.04. The van der Waals surface area contributed by atoms with Gasteiger partial charge in [-0.3, -0.25) is 0 Å². The Labute approximate surface area is 301 Å². The second-order valence-electron chi connectivity index (χ2n) is 13.0. The second-order valence-corrected chi connectivity index (χ2v) is 13.0. The summed E-state index contributed by atoms with van der Waals surface area (Å²) in [6.07, 6.45) is 0. The second kappa shape index (κ2) is 12.4. The van der Waals surface area contributed by atoms with Gasteiger partial charge >= 0.3 is 0 Å². The van der Waals surface area contributed by atoms with Crippen molar-refractivity contribution in [2.24, 2.45) is 0 Å². The first kappa shape index (κ1) is 29.8. The minimum Gasteiger partial charge on any atom is -0.456 e. The fourth-order valence-corrected chi connectivity index (χ4v) is 7.46. The summed E-state index contributed by atoms with van der Waals surface area (Å²) in [4.78, 5) is 10.2. The van der Waals surface area contributed by atoms with Crippen LogP contribution in [0.3, 0.4) is 0 Å². The summed E-state index contributed by atoms with van der Waals surface area (Å²) < 4.78 is 9.05. The molecule has 0 fully saturated rings. The van der Waals surface area contributed by atoms with E-state index in [0.717, 1.165) is 84.3 Å². The van der Waals surface area contributed by atoms with E-state index in [0.29, 0.717) is 5.82 Å². The van der Waals surface area contributed by atoms with E-state index in [1.165, 1.54) is 5.39 Å². The molecule has 1 aliphatic rings. The van der Waals surface area contributed by atoms with Gasteiger partial charge in [0.05, 0.1) is 22.6 Å². The van der Waals surface area contributed by atoms with Gasteiger partial charge in [0, 0.05) is 50.0 Å². The van der Waals surface area contributed by atoms with E-state index >= 15 is 0 Å². The van der Waals surface area contributed by atoms with E-state index in [9.17, 15) is 0 Å². The highest BCUT2D eigenvalue weighted by molar-refractivity contribution is 6.12. The molecule has 9 aromatic rings. The van der Waals surface area contributed by atoms with Gasteiger partial charge in [0.1, 0.15) is 11.5 Å². The summed E-state index contributed by atoms with van der Waals surface area (Å²) in [5, 5.41) is 1.17. The monoisotopic (exact) mass is 665 g/mol. The maximum Gasteiger partial charge on any atom is 0.160 e. The van der Waals surface area contributed by atoms with Crippen molar-refractivity contribution in [2.45, 2.75) is 0 Å². The molecule has 10 rings (SSSR count). The van der Waals surface area contributed by atoms with Gasteiger partial charge in [-0.1, -0.05) is 140 Å². The van der Waals surface area contributed by atoms with E-state index in [1.54, 1.807) is 0 Å². The lowest BCUT2D eigenvalue weighted by atomic mass is 9.96. The van der Waals surface area contributed by atoms with Crippen molar-refractivity contribution < 1.29 is 4.74 Å². The van der Waals surface area contributed by atoms with Crippen LogP contribution in [-0.2, 0) is 0 Å². The first-order chi connectivity index (χ1) is 25.8. The number of nitrogens with zero attached hydrogens (tertiary/aromatic N) is 3. The number of ether oxygens (including phenoxy) is 1. The van der Waals surface area contributed by atoms with Crippen LogP contribution in [0, 0.1) is 0 Å². The molecule has 0 amide bonds. The Morgan fingerprint density at radius 2 is 0.923 bits per heavy atom. The summed E-state index contributed by atoms with van der Waals surface area (Å²) >= 11 is 0. The van der Waals surface area contributed by atoms with Gasteiger partial charge in [0.15, 0.2) is 5.82 Å². The van der Waals surface area contributed by atoms with Crippen molar-refractivity contribution in [1.82, 2.24) is 14.5 Å². The number of benzene rings is 7. The molecule has 7 aromatic carbocycles. The highest BCUT2D eigenvalue weighted by atomic mass is 16.5. The molecule has 0 saturated carbocycles. The largest absolute Gasteiger partial charge is 0.456 e. The number of para-hydroxylation sites is 3. The molecule has 2 aromatic heterocycles. The molecule has 52 heavy (non-hydrogen) atoms. The van der Waals surface area contributed by atoms with Crippen LogP contribution in [0.4, 0.5) is 0 Å². The Balaban J connectivity index is 1.22. The number of hydrogen-bond acceptors (Lipinski definition) is 3. The van der Waals surface area contributed by atoms with E-state index < -0.39 is 0 Å². The normalized spacial score (nSPS) is 11.6. The first-order valence-corrected chi connectivity index (χ1v) is 17.5. The molecule has 0 N–H and O–H groups in total. The zero-order valence-electron chi connectivity index (χ0n) is 28.1. The smallest absolute Gasteiger partial charge is 0.160 e. The highest BCUT2D eigenvalue weighted by Crippen LogP contribution is 2.53. The fourth-order valence-electron chi connectivity index (χ4n) is 7.46. The molecule has 0 atom stereocenters. The third kappa shape index (κ3) is 5.00. The van der Waals surface area contributed by atoms with Crippen LogP contribution in [0.25, 0.3) is 84.0 Å². The van der Waals surface area contributed by atoms with Crippen molar-refractivity contribution >= 4 is 10.9 Å². The number of hydrogen-bond donors (Lipinski definition) is 0. The Bertz CT molecular complexity index is 2680. The molecular formula is C48H31N3O. The molecule has 0 unspecified atom stereocenters. The summed E-state index contributed by atoms with van der Waals surface area (Å²) in [6.45, 7) is 0. The third-order valence-corrected chi connectivity index (χ3v) is 9.84. The SMILES string of the molecule is c1ccc(-c2cc(-c3ccccc3)nc(-c3ccc(-n4c5c(c6cccc(-c7ccccc7)c64)-c4ccccc4Oc4ccccc4-5)cc3)n2)cc1. The van der Waals surface area contributed by atoms with Crippen molar-refractivity contribution in [3.8, 4) is 84.6 Å². The van der Waals surface area contributed by atoms with Gasteiger partial charge in [-0.25, -0.2) is 9.97 Å². The van der Waals surface area contributed by atoms with Crippen LogP contribution in [0.2, 0.25) is 0 Å². The lowest BCUT2D eigenvalue weighted by Crippen LogP contribution is -2.00. The van der Waals surface area contributed by atoms with Crippen LogP contribution in [0.1, 0.15) is 0 Å². The zero-order chi connectivity index (χ0) is 34.4. The third-order valence-electron chi connectivity index (χ3n) is 9.84. The van der Waals surface area contributed by atoms with Crippen molar-refractivity contribution in [1.29, 1.82) is 0 Å². The molecule has 4 nitrogen and oxygen atoms in total. The first-order valence-electron chi connectivity index (χ1n) is 17.5. The lowest BCUT2D eigenvalue weighted by Gasteiger charge is -2.16. The summed E-state index contributed by atoms with van der Waals surface area (Å²) in [5.41, 5.74) is 13.7. The van der Waals surface area contributed by atoms with Gasteiger partial charge < -0.3 is 9.30 Å². The highest BCUT2D eigenvalue weighted by Gasteiger charge is 2.29. The van der Waals surface area contributed by atoms with Crippen LogP contribution in [-0.4, -0.2) is 14.5 Å². The predicted molar refractivity (Wildman–Crippen MR) is 212 cm³/mol. The maximum atomic E-state index is 6.64. The van der Waals surface area contributed by atoms with E-state index in [4.69, 9.17) is 14.7 Å². The molecule has 0 aliphatic carbocycles. The van der Waals surface area contributed by atoms with Gasteiger partial charge in [-0.15, -0.1) is 0 Å². The molecular weight excluding hydrogens is 635 g/mol. The number of aromatic nitrogens is 3. The predicted octanol–water partition coefficient (Wildman–Crippen LogP) is 12.5. The van der Waals surface area contributed by atoms with E-state index in [1.807, 2.05) is 48.5 Å². The minimum absolute atomic E-state index is 0.681. The van der Waals surface area contributed by atoms with E-state index in [2.05, 4.69) is 144 Å². The molecule has 0 saturated heterocycles.